The molecule has 0 aromatic carbocycles. The average Bonchev–Trinajstić information content (AvgIpc) is 3.18. The number of nitrogens with zero attached hydrogens (tertiary/aromatic N) is 3. The Balaban J connectivity index is 2.21. The monoisotopic (exact) mass is 281 g/mol. The number of ether oxygens (including phenoxy) is 1. The maximum Gasteiger partial charge on any atom is 0.325 e. The number of aromatic nitrogens is 2. The highest BCUT2D eigenvalue weighted by Gasteiger charge is 2.41. The zero-order valence-corrected chi connectivity index (χ0v) is 12.7. The summed E-state index contributed by atoms with van der Waals surface area (Å²) in [6, 6.07) is 0. The zero-order valence-electron chi connectivity index (χ0n) is 12.7. The molecule has 0 unspecified atom stereocenters. The molecule has 0 aliphatic heterocycles. The van der Waals surface area contributed by atoms with Gasteiger partial charge in [-0.15, -0.1) is 0 Å². The van der Waals surface area contributed by atoms with Crippen molar-refractivity contribution in [3.8, 4) is 0 Å². The van der Waals surface area contributed by atoms with E-state index in [0.29, 0.717) is 18.9 Å². The van der Waals surface area contributed by atoms with E-state index in [4.69, 9.17) is 9.37 Å². The van der Waals surface area contributed by atoms with Crippen molar-refractivity contribution in [2.75, 3.05) is 13.7 Å². The highest BCUT2D eigenvalue weighted by Crippen LogP contribution is 2.34. The van der Waals surface area contributed by atoms with E-state index in [9.17, 15) is 4.79 Å². The summed E-state index contributed by atoms with van der Waals surface area (Å²) in [6.45, 7) is 7.24. The van der Waals surface area contributed by atoms with E-state index in [1.807, 2.05) is 20.8 Å². The lowest BCUT2D eigenvalue weighted by Gasteiger charge is -2.38. The molecule has 20 heavy (non-hydrogen) atoms. The Kier molecular flexibility index (Phi) is 4.42. The molecule has 0 N–H and O–H groups in total. The minimum Gasteiger partial charge on any atom is -0.468 e. The van der Waals surface area contributed by atoms with Crippen LogP contribution in [0.4, 0.5) is 0 Å². The first-order chi connectivity index (χ1) is 9.51. The minimum atomic E-state index is -0.636. The van der Waals surface area contributed by atoms with Crippen molar-refractivity contribution < 1.29 is 14.2 Å². The Morgan fingerprint density at radius 1 is 1.50 bits per heavy atom. The second-order valence-corrected chi connectivity index (χ2v) is 5.74. The largest absolute Gasteiger partial charge is 0.468 e. The quantitative estimate of drug-likeness (QED) is 0.711. The molecule has 6 nitrogen and oxygen atoms in total. The molecule has 1 aromatic heterocycles. The van der Waals surface area contributed by atoms with Crippen LogP contribution in [0.1, 0.15) is 44.5 Å². The molecule has 112 valence electrons. The maximum atomic E-state index is 12.2. The molecular weight excluding hydrogens is 258 g/mol. The second kappa shape index (κ2) is 5.91. The normalized spacial score (nSPS) is 18.1. The maximum absolute atomic E-state index is 12.2. The summed E-state index contributed by atoms with van der Waals surface area (Å²) >= 11 is 0. The van der Waals surface area contributed by atoms with Crippen LogP contribution in [-0.2, 0) is 16.1 Å². The highest BCUT2D eigenvalue weighted by molar-refractivity contribution is 5.80. The topological polar surface area (TPSA) is 68.5 Å². The fourth-order valence-electron chi connectivity index (χ4n) is 2.34. The van der Waals surface area contributed by atoms with Crippen LogP contribution in [0.25, 0.3) is 0 Å². The first-order valence-corrected chi connectivity index (χ1v) is 7.12. The fraction of sp³-hybridized carbons (Fsp3) is 0.786. The standard InChI is InChI=1S/C14H23N3O3/c1-5-14(3,13(18)19-4)17(8-11-6-7-11)9-12-10(2)15-20-16-12/h11H,5-9H2,1-4H3/t14-/m1/s1. The molecule has 1 aliphatic rings. The van der Waals surface area contributed by atoms with Gasteiger partial charge in [-0.05, 0) is 39.0 Å². The fourth-order valence-corrected chi connectivity index (χ4v) is 2.34. The summed E-state index contributed by atoms with van der Waals surface area (Å²) in [6.07, 6.45) is 3.15. The molecule has 0 radical (unpaired) electrons. The van der Waals surface area contributed by atoms with E-state index in [1.54, 1.807) is 0 Å². The van der Waals surface area contributed by atoms with Crippen LogP contribution >= 0.6 is 0 Å². The number of esters is 1. The van der Waals surface area contributed by atoms with Crippen LogP contribution < -0.4 is 0 Å². The molecule has 0 spiro atoms. The van der Waals surface area contributed by atoms with Gasteiger partial charge in [0.25, 0.3) is 0 Å². The number of rotatable bonds is 7. The Hall–Kier alpha value is -1.43. The van der Waals surface area contributed by atoms with E-state index in [0.717, 1.165) is 17.9 Å². The van der Waals surface area contributed by atoms with Gasteiger partial charge in [0, 0.05) is 13.1 Å². The van der Waals surface area contributed by atoms with E-state index in [2.05, 4.69) is 15.2 Å². The lowest BCUT2D eigenvalue weighted by Crippen LogP contribution is -2.53. The summed E-state index contributed by atoms with van der Waals surface area (Å²) in [5, 5.41) is 7.74. The molecule has 6 heteroatoms. The number of carbonyl (C=O) groups excluding carboxylic acids is 1. The third-order valence-corrected chi connectivity index (χ3v) is 4.27. The lowest BCUT2D eigenvalue weighted by atomic mass is 9.95. The molecule has 0 amide bonds. The first kappa shape index (κ1) is 15.0. The molecular formula is C14H23N3O3. The number of hydrogen-bond donors (Lipinski definition) is 0. The Bertz CT molecular complexity index is 470. The van der Waals surface area contributed by atoms with Gasteiger partial charge in [-0.3, -0.25) is 9.69 Å². The molecule has 2 rings (SSSR count). The van der Waals surface area contributed by atoms with Gasteiger partial charge < -0.3 is 4.74 Å². The van der Waals surface area contributed by atoms with Gasteiger partial charge in [0.2, 0.25) is 0 Å². The lowest BCUT2D eigenvalue weighted by molar-refractivity contribution is -0.155. The van der Waals surface area contributed by atoms with Gasteiger partial charge in [-0.1, -0.05) is 17.2 Å². The summed E-state index contributed by atoms with van der Waals surface area (Å²) in [7, 11) is 1.44. The molecule has 0 saturated heterocycles. The van der Waals surface area contributed by atoms with Crippen LogP contribution in [0.3, 0.4) is 0 Å². The number of methoxy groups -OCH3 is 1. The van der Waals surface area contributed by atoms with Gasteiger partial charge >= 0.3 is 5.97 Å². The smallest absolute Gasteiger partial charge is 0.325 e. The Labute approximate surface area is 119 Å². The summed E-state index contributed by atoms with van der Waals surface area (Å²) in [5.41, 5.74) is 0.922. The molecule has 1 aromatic rings. The van der Waals surface area contributed by atoms with Crippen molar-refractivity contribution in [2.45, 2.75) is 52.1 Å². The zero-order chi connectivity index (χ0) is 14.8. The predicted molar refractivity (Wildman–Crippen MR) is 72.9 cm³/mol. The van der Waals surface area contributed by atoms with Gasteiger partial charge in [-0.25, -0.2) is 4.63 Å². The number of carbonyl (C=O) groups is 1. The van der Waals surface area contributed by atoms with Gasteiger partial charge in [0.15, 0.2) is 0 Å². The average molecular weight is 281 g/mol. The van der Waals surface area contributed by atoms with E-state index >= 15 is 0 Å². The van der Waals surface area contributed by atoms with Crippen LogP contribution in [0, 0.1) is 12.8 Å². The molecule has 1 saturated carbocycles. The Morgan fingerprint density at radius 3 is 2.65 bits per heavy atom. The number of aryl methyl sites for hydroxylation is 1. The van der Waals surface area contributed by atoms with E-state index in [-0.39, 0.29) is 5.97 Å². The summed E-state index contributed by atoms with van der Waals surface area (Å²) < 4.78 is 9.76. The van der Waals surface area contributed by atoms with Crippen molar-refractivity contribution in [1.82, 2.24) is 15.2 Å². The molecule has 0 bridgehead atoms. The second-order valence-electron chi connectivity index (χ2n) is 5.74. The van der Waals surface area contributed by atoms with Crippen molar-refractivity contribution in [3.05, 3.63) is 11.4 Å². The van der Waals surface area contributed by atoms with Crippen LogP contribution in [0.5, 0.6) is 0 Å². The van der Waals surface area contributed by atoms with Crippen molar-refractivity contribution in [1.29, 1.82) is 0 Å². The third-order valence-electron chi connectivity index (χ3n) is 4.27. The number of hydrogen-bond acceptors (Lipinski definition) is 6. The van der Waals surface area contributed by atoms with Crippen molar-refractivity contribution in [2.24, 2.45) is 5.92 Å². The van der Waals surface area contributed by atoms with Crippen LogP contribution in [0.2, 0.25) is 0 Å². The van der Waals surface area contributed by atoms with Crippen LogP contribution in [0.15, 0.2) is 4.63 Å². The van der Waals surface area contributed by atoms with Crippen LogP contribution in [-0.4, -0.2) is 40.4 Å². The van der Waals surface area contributed by atoms with E-state index < -0.39 is 5.54 Å². The van der Waals surface area contributed by atoms with Crippen molar-refractivity contribution >= 4 is 5.97 Å². The molecule has 1 heterocycles. The van der Waals surface area contributed by atoms with E-state index in [1.165, 1.54) is 20.0 Å². The minimum absolute atomic E-state index is 0.199. The summed E-state index contributed by atoms with van der Waals surface area (Å²) in [4.78, 5) is 14.4. The van der Waals surface area contributed by atoms with Crippen molar-refractivity contribution in [3.63, 3.8) is 0 Å². The molecule has 1 fully saturated rings. The molecule has 1 aliphatic carbocycles. The predicted octanol–water partition coefficient (Wildman–Crippen LogP) is 1.93. The van der Waals surface area contributed by atoms with Gasteiger partial charge in [0.05, 0.1) is 7.11 Å². The molecule has 1 atom stereocenters. The third kappa shape index (κ3) is 3.00. The highest BCUT2D eigenvalue weighted by atomic mass is 16.6. The Morgan fingerprint density at radius 2 is 2.20 bits per heavy atom. The first-order valence-electron chi connectivity index (χ1n) is 7.12. The summed E-state index contributed by atoms with van der Waals surface area (Å²) in [5.74, 6) is 0.473. The van der Waals surface area contributed by atoms with Gasteiger partial charge in [-0.2, -0.15) is 0 Å². The SMILES string of the molecule is CC[C@](C)(C(=O)OC)N(Cc1nonc1C)CC1CC1. The van der Waals surface area contributed by atoms with Gasteiger partial charge in [0.1, 0.15) is 16.9 Å².